The summed E-state index contributed by atoms with van der Waals surface area (Å²) in [4.78, 5) is 29.0. The monoisotopic (exact) mass is 238 g/mol. The van der Waals surface area contributed by atoms with Gasteiger partial charge in [0.1, 0.15) is 0 Å². The number of aliphatic imine (C=N–C) groups is 2. The van der Waals surface area contributed by atoms with Gasteiger partial charge in [0.15, 0.2) is 0 Å². The average Bonchev–Trinajstić information content (AvgIpc) is 2.37. The van der Waals surface area contributed by atoms with Crippen LogP contribution in [0.2, 0.25) is 0 Å². The topological polar surface area (TPSA) is 58.9 Å². The van der Waals surface area contributed by atoms with E-state index in [1.165, 1.54) is 0 Å². The molecular weight excluding hydrogens is 216 g/mol. The van der Waals surface area contributed by atoms with Crippen molar-refractivity contribution >= 4 is 12.2 Å². The van der Waals surface area contributed by atoms with Crippen LogP contribution in [0, 0.1) is 0 Å². The molecule has 0 aliphatic carbocycles. The molecule has 0 aromatic heterocycles. The first kappa shape index (κ1) is 15.8. The Bertz CT molecular complexity index is 286. The molecular formula is C13H22N2O2. The van der Waals surface area contributed by atoms with Crippen molar-refractivity contribution in [3.05, 3.63) is 0 Å². The van der Waals surface area contributed by atoms with E-state index in [-0.39, 0.29) is 0 Å². The standard InChI is InChI=1S/C13H22N2O2/c1-5-12(6-2,14-10-16)9-13(7-3,8-4)15-11-17/h5-9H2,1-4H3. The first-order valence-corrected chi connectivity index (χ1v) is 6.25. The molecule has 0 aliphatic rings. The minimum atomic E-state index is -0.450. The Hall–Kier alpha value is -1.24. The zero-order valence-electron chi connectivity index (χ0n) is 11.2. The van der Waals surface area contributed by atoms with Crippen LogP contribution < -0.4 is 0 Å². The van der Waals surface area contributed by atoms with Gasteiger partial charge in [-0.05, 0) is 32.1 Å². The van der Waals surface area contributed by atoms with Gasteiger partial charge in [0, 0.05) is 0 Å². The highest BCUT2D eigenvalue weighted by Gasteiger charge is 2.37. The number of nitrogens with zero attached hydrogens (tertiary/aromatic N) is 2. The number of hydrogen-bond acceptors (Lipinski definition) is 4. The fourth-order valence-electron chi connectivity index (χ4n) is 2.20. The number of rotatable bonds is 8. The summed E-state index contributed by atoms with van der Waals surface area (Å²) in [5.41, 5.74) is -0.901. The Morgan fingerprint density at radius 1 is 0.765 bits per heavy atom. The van der Waals surface area contributed by atoms with Gasteiger partial charge in [-0.25, -0.2) is 9.59 Å². The lowest BCUT2D eigenvalue weighted by Crippen LogP contribution is -2.37. The summed E-state index contributed by atoms with van der Waals surface area (Å²) in [6.45, 7) is 7.96. The second kappa shape index (κ2) is 7.16. The zero-order valence-corrected chi connectivity index (χ0v) is 11.2. The molecule has 4 heteroatoms. The van der Waals surface area contributed by atoms with Crippen LogP contribution in [0.5, 0.6) is 0 Å². The van der Waals surface area contributed by atoms with E-state index >= 15 is 0 Å². The molecule has 0 bridgehead atoms. The molecule has 96 valence electrons. The minimum Gasteiger partial charge on any atom is -0.211 e. The van der Waals surface area contributed by atoms with Gasteiger partial charge in [-0.3, -0.25) is 0 Å². The smallest absolute Gasteiger partial charge is 0.211 e. The van der Waals surface area contributed by atoms with Crippen molar-refractivity contribution in [2.45, 2.75) is 70.9 Å². The summed E-state index contributed by atoms with van der Waals surface area (Å²) in [6, 6.07) is 0. The Kier molecular flexibility index (Phi) is 6.64. The van der Waals surface area contributed by atoms with Crippen LogP contribution >= 0.6 is 0 Å². The Balaban J connectivity index is 5.31. The molecule has 0 fully saturated rings. The second-order valence-corrected chi connectivity index (χ2v) is 4.45. The van der Waals surface area contributed by atoms with E-state index in [0.717, 1.165) is 25.7 Å². The number of carbonyl (C=O) groups excluding carboxylic acids is 2. The summed E-state index contributed by atoms with van der Waals surface area (Å²) in [7, 11) is 0. The van der Waals surface area contributed by atoms with E-state index in [0.29, 0.717) is 6.42 Å². The van der Waals surface area contributed by atoms with Gasteiger partial charge in [-0.15, -0.1) is 0 Å². The molecule has 0 heterocycles. The summed E-state index contributed by atoms with van der Waals surface area (Å²) in [6.07, 6.45) is 6.90. The molecule has 0 aromatic rings. The van der Waals surface area contributed by atoms with Crippen molar-refractivity contribution in [3.63, 3.8) is 0 Å². The molecule has 0 N–H and O–H groups in total. The van der Waals surface area contributed by atoms with Gasteiger partial charge in [0.05, 0.1) is 11.1 Å². The summed E-state index contributed by atoms with van der Waals surface area (Å²) in [5.74, 6) is 0. The SMILES string of the molecule is CCC(CC)(CC(CC)(CC)N=C=O)N=C=O. The van der Waals surface area contributed by atoms with E-state index in [2.05, 4.69) is 9.98 Å². The molecule has 0 amide bonds. The Morgan fingerprint density at radius 3 is 1.24 bits per heavy atom. The van der Waals surface area contributed by atoms with Crippen LogP contribution in [0.1, 0.15) is 59.8 Å². The largest absolute Gasteiger partial charge is 0.235 e. The zero-order chi connectivity index (χ0) is 13.4. The third kappa shape index (κ3) is 3.92. The molecule has 0 saturated heterocycles. The second-order valence-electron chi connectivity index (χ2n) is 4.45. The van der Waals surface area contributed by atoms with Crippen LogP contribution in [0.15, 0.2) is 9.98 Å². The van der Waals surface area contributed by atoms with E-state index in [9.17, 15) is 9.59 Å². The number of isocyanates is 2. The molecule has 0 rings (SSSR count). The van der Waals surface area contributed by atoms with Crippen LogP contribution in [-0.4, -0.2) is 23.2 Å². The van der Waals surface area contributed by atoms with Crippen molar-refractivity contribution < 1.29 is 9.59 Å². The molecule has 0 radical (unpaired) electrons. The highest BCUT2D eigenvalue weighted by molar-refractivity contribution is 5.36. The third-order valence-electron chi connectivity index (χ3n) is 3.86. The quantitative estimate of drug-likeness (QED) is 0.481. The lowest BCUT2D eigenvalue weighted by molar-refractivity contribution is 0.251. The van der Waals surface area contributed by atoms with Gasteiger partial charge < -0.3 is 0 Å². The summed E-state index contributed by atoms with van der Waals surface area (Å²) < 4.78 is 0. The van der Waals surface area contributed by atoms with E-state index in [1.54, 1.807) is 12.2 Å². The van der Waals surface area contributed by atoms with Crippen molar-refractivity contribution in [2.24, 2.45) is 9.98 Å². The van der Waals surface area contributed by atoms with Crippen molar-refractivity contribution in [1.82, 2.24) is 0 Å². The highest BCUT2D eigenvalue weighted by atomic mass is 16.1. The first-order valence-electron chi connectivity index (χ1n) is 6.25. The Morgan fingerprint density at radius 2 is 1.06 bits per heavy atom. The lowest BCUT2D eigenvalue weighted by Gasteiger charge is -2.35. The first-order chi connectivity index (χ1) is 8.07. The van der Waals surface area contributed by atoms with Crippen LogP contribution in [0.4, 0.5) is 0 Å². The Labute approximate surface area is 103 Å². The lowest BCUT2D eigenvalue weighted by atomic mass is 9.76. The maximum Gasteiger partial charge on any atom is 0.235 e. The maximum absolute atomic E-state index is 10.6. The highest BCUT2D eigenvalue weighted by Crippen LogP contribution is 2.36. The fourth-order valence-corrected chi connectivity index (χ4v) is 2.20. The maximum atomic E-state index is 10.6. The molecule has 0 spiro atoms. The van der Waals surface area contributed by atoms with Crippen LogP contribution in [-0.2, 0) is 9.59 Å². The van der Waals surface area contributed by atoms with Gasteiger partial charge >= 0.3 is 0 Å². The van der Waals surface area contributed by atoms with Crippen LogP contribution in [0.25, 0.3) is 0 Å². The van der Waals surface area contributed by atoms with Gasteiger partial charge in [0.25, 0.3) is 0 Å². The van der Waals surface area contributed by atoms with Gasteiger partial charge in [-0.1, -0.05) is 27.7 Å². The summed E-state index contributed by atoms with van der Waals surface area (Å²) >= 11 is 0. The van der Waals surface area contributed by atoms with Crippen molar-refractivity contribution in [1.29, 1.82) is 0 Å². The molecule has 0 aromatic carbocycles. The average molecular weight is 238 g/mol. The molecule has 0 saturated carbocycles. The van der Waals surface area contributed by atoms with E-state index in [1.807, 2.05) is 27.7 Å². The third-order valence-corrected chi connectivity index (χ3v) is 3.86. The van der Waals surface area contributed by atoms with Gasteiger partial charge in [-0.2, -0.15) is 9.98 Å². The predicted octanol–water partition coefficient (Wildman–Crippen LogP) is 3.17. The van der Waals surface area contributed by atoms with Gasteiger partial charge in [0.2, 0.25) is 12.2 Å². The normalized spacial score (nSPS) is 11.5. The van der Waals surface area contributed by atoms with Crippen molar-refractivity contribution in [3.8, 4) is 0 Å². The van der Waals surface area contributed by atoms with E-state index in [4.69, 9.17) is 0 Å². The molecule has 17 heavy (non-hydrogen) atoms. The van der Waals surface area contributed by atoms with Crippen LogP contribution in [0.3, 0.4) is 0 Å². The van der Waals surface area contributed by atoms with E-state index < -0.39 is 11.1 Å². The predicted molar refractivity (Wildman–Crippen MR) is 67.5 cm³/mol. The molecule has 4 nitrogen and oxygen atoms in total. The van der Waals surface area contributed by atoms with Crippen molar-refractivity contribution in [2.75, 3.05) is 0 Å². The minimum absolute atomic E-state index is 0.450. The molecule has 0 unspecified atom stereocenters. The fraction of sp³-hybridized carbons (Fsp3) is 0.846. The molecule has 0 aliphatic heterocycles. The summed E-state index contributed by atoms with van der Waals surface area (Å²) in [5, 5.41) is 0. The number of hydrogen-bond donors (Lipinski definition) is 0. The molecule has 0 atom stereocenters.